The molecule has 26 heavy (non-hydrogen) atoms. The van der Waals surface area contributed by atoms with Crippen LogP contribution in [0.3, 0.4) is 0 Å². The Kier molecular flexibility index (Phi) is 7.81. The van der Waals surface area contributed by atoms with Crippen LogP contribution in [0.2, 0.25) is 0 Å². The summed E-state index contributed by atoms with van der Waals surface area (Å²) in [5, 5.41) is 15.0. The molecular formula is C19H21N2NaO4. The maximum Gasteiger partial charge on any atom is 1.00 e. The first-order valence-corrected chi connectivity index (χ1v) is 7.98. The van der Waals surface area contributed by atoms with Gasteiger partial charge in [-0.15, -0.1) is 0 Å². The molecular weight excluding hydrogens is 343 g/mol. The zero-order valence-corrected chi connectivity index (χ0v) is 17.3. The summed E-state index contributed by atoms with van der Waals surface area (Å²) < 4.78 is 0. The normalized spacial score (nSPS) is 12.1. The molecule has 0 spiro atoms. The van der Waals surface area contributed by atoms with Crippen molar-refractivity contribution in [1.29, 1.82) is 0 Å². The summed E-state index contributed by atoms with van der Waals surface area (Å²) in [6.07, 6.45) is 2.75. The molecule has 0 aliphatic rings. The molecule has 1 amide bonds. The van der Waals surface area contributed by atoms with Gasteiger partial charge in [0, 0.05) is 35.4 Å². The molecule has 1 heterocycles. The van der Waals surface area contributed by atoms with E-state index in [1.807, 2.05) is 24.3 Å². The van der Waals surface area contributed by atoms with Crippen LogP contribution in [0.4, 0.5) is 0 Å². The third-order valence-electron chi connectivity index (χ3n) is 4.22. The molecule has 2 aromatic rings. The number of rotatable bonds is 8. The van der Waals surface area contributed by atoms with E-state index in [1.165, 1.54) is 13.8 Å². The van der Waals surface area contributed by atoms with Gasteiger partial charge >= 0.3 is 29.6 Å². The van der Waals surface area contributed by atoms with Crippen LogP contribution >= 0.6 is 0 Å². The number of Topliss-reactive ketones (excluding diaryl/α,β-unsaturated/α-hetero) is 1. The van der Waals surface area contributed by atoms with Crippen molar-refractivity contribution in [1.82, 2.24) is 10.3 Å². The molecule has 0 bridgehead atoms. The van der Waals surface area contributed by atoms with Gasteiger partial charge < -0.3 is 20.2 Å². The predicted molar refractivity (Wildman–Crippen MR) is 92.5 cm³/mol. The minimum Gasteiger partial charge on any atom is -0.550 e. The average Bonchev–Trinajstić information content (AvgIpc) is 2.96. The Hall–Kier alpha value is -1.89. The number of nitrogens with one attached hydrogen (secondary N) is 2. The molecule has 0 saturated heterocycles. The predicted octanol–water partition coefficient (Wildman–Crippen LogP) is -1.88. The topological polar surface area (TPSA) is 102 Å². The number of hydrogen-bond acceptors (Lipinski definition) is 4. The third-order valence-corrected chi connectivity index (χ3v) is 4.22. The van der Waals surface area contributed by atoms with Crippen molar-refractivity contribution >= 4 is 28.6 Å². The fraction of sp³-hybridized carbons (Fsp3) is 0.316. The number of benzene rings is 1. The molecule has 2 N–H and O–H groups in total. The molecule has 0 aliphatic carbocycles. The molecule has 6 nitrogen and oxygen atoms in total. The van der Waals surface area contributed by atoms with E-state index in [-0.39, 0.29) is 48.2 Å². The first-order valence-electron chi connectivity index (χ1n) is 7.98. The number of para-hydroxylation sites is 1. The van der Waals surface area contributed by atoms with E-state index < -0.39 is 23.3 Å². The summed E-state index contributed by atoms with van der Waals surface area (Å²) in [5.41, 5.74) is 0.532. The summed E-state index contributed by atoms with van der Waals surface area (Å²) in [6, 6.07) is 7.54. The summed E-state index contributed by atoms with van der Waals surface area (Å²) in [4.78, 5) is 38.5. The summed E-state index contributed by atoms with van der Waals surface area (Å²) in [5.74, 6) is -3.13. The molecule has 1 aromatic carbocycles. The largest absolute Gasteiger partial charge is 1.00 e. The number of ketones is 1. The zero-order chi connectivity index (χ0) is 18.6. The molecule has 2 rings (SSSR count). The number of carboxylic acids is 1. The Balaban J connectivity index is 0.00000338. The van der Waals surface area contributed by atoms with Crippen LogP contribution in [0.1, 0.15) is 25.8 Å². The standard InChI is InChI=1S/C19H22N2O4.Na/c1-4-17(23)21-19(2,3)16(22)10-12(18(24)25)9-13-11-20-15-8-6-5-7-14(13)15;/h4-8,11-12,20H,1,9-10H2,2-3H3,(H,21,23)(H,24,25);/q;+1/p-1. The van der Waals surface area contributed by atoms with E-state index in [4.69, 9.17) is 0 Å². The van der Waals surface area contributed by atoms with Crippen molar-refractivity contribution < 1.29 is 49.0 Å². The summed E-state index contributed by atoms with van der Waals surface area (Å²) >= 11 is 0. The zero-order valence-electron chi connectivity index (χ0n) is 15.3. The fourth-order valence-electron chi connectivity index (χ4n) is 2.71. The van der Waals surface area contributed by atoms with Gasteiger partial charge in [-0.25, -0.2) is 0 Å². The first kappa shape index (κ1) is 22.2. The first-order chi connectivity index (χ1) is 11.7. The van der Waals surface area contributed by atoms with E-state index in [0.717, 1.165) is 22.5 Å². The number of hydrogen-bond donors (Lipinski definition) is 2. The van der Waals surface area contributed by atoms with E-state index in [2.05, 4.69) is 16.9 Å². The van der Waals surface area contributed by atoms with Crippen LogP contribution in [0.25, 0.3) is 10.9 Å². The van der Waals surface area contributed by atoms with Crippen molar-refractivity contribution in [2.24, 2.45) is 5.92 Å². The molecule has 0 aliphatic heterocycles. The Morgan fingerprint density at radius 1 is 1.31 bits per heavy atom. The minimum absolute atomic E-state index is 0. The number of amides is 1. The summed E-state index contributed by atoms with van der Waals surface area (Å²) in [7, 11) is 0. The average molecular weight is 364 g/mol. The molecule has 7 heteroatoms. The molecule has 1 atom stereocenters. The van der Waals surface area contributed by atoms with E-state index >= 15 is 0 Å². The van der Waals surface area contributed by atoms with Gasteiger partial charge in [0.05, 0.1) is 5.54 Å². The van der Waals surface area contributed by atoms with E-state index in [0.29, 0.717) is 0 Å². The van der Waals surface area contributed by atoms with Gasteiger partial charge in [-0.1, -0.05) is 24.8 Å². The maximum absolute atomic E-state index is 12.5. The number of aromatic nitrogens is 1. The van der Waals surface area contributed by atoms with E-state index in [1.54, 1.807) is 6.20 Å². The Morgan fingerprint density at radius 2 is 1.96 bits per heavy atom. The van der Waals surface area contributed by atoms with Crippen molar-refractivity contribution in [2.45, 2.75) is 32.2 Å². The van der Waals surface area contributed by atoms with Crippen LogP contribution in [0.5, 0.6) is 0 Å². The maximum atomic E-state index is 12.5. The second-order valence-corrected chi connectivity index (χ2v) is 6.53. The van der Waals surface area contributed by atoms with Crippen LogP contribution in [0.15, 0.2) is 43.1 Å². The Morgan fingerprint density at radius 3 is 2.58 bits per heavy atom. The number of aromatic amines is 1. The molecule has 0 radical (unpaired) electrons. The quantitative estimate of drug-likeness (QED) is 0.423. The van der Waals surface area contributed by atoms with Gasteiger partial charge in [-0.3, -0.25) is 9.59 Å². The second kappa shape index (κ2) is 9.16. The van der Waals surface area contributed by atoms with Crippen molar-refractivity contribution in [3.63, 3.8) is 0 Å². The van der Waals surface area contributed by atoms with Gasteiger partial charge in [0.15, 0.2) is 5.78 Å². The fourth-order valence-corrected chi connectivity index (χ4v) is 2.71. The minimum atomic E-state index is -1.29. The molecule has 1 aromatic heterocycles. The monoisotopic (exact) mass is 364 g/mol. The molecule has 0 fully saturated rings. The SMILES string of the molecule is C=CC(=O)NC(C)(C)C(=O)CC(Cc1c[nH]c2ccccc12)C(=O)[O-].[Na+]. The van der Waals surface area contributed by atoms with Gasteiger partial charge in [-0.2, -0.15) is 0 Å². The smallest absolute Gasteiger partial charge is 0.550 e. The van der Waals surface area contributed by atoms with Gasteiger partial charge in [0.2, 0.25) is 5.91 Å². The van der Waals surface area contributed by atoms with Crippen molar-refractivity contribution in [3.05, 3.63) is 48.7 Å². The van der Waals surface area contributed by atoms with E-state index in [9.17, 15) is 19.5 Å². The van der Waals surface area contributed by atoms with Crippen LogP contribution in [0, 0.1) is 5.92 Å². The second-order valence-electron chi connectivity index (χ2n) is 6.53. The Bertz CT molecular complexity index is 826. The third kappa shape index (κ3) is 5.30. The van der Waals surface area contributed by atoms with Gasteiger partial charge in [0.25, 0.3) is 0 Å². The van der Waals surface area contributed by atoms with Gasteiger partial charge in [0.1, 0.15) is 0 Å². The number of carbonyl (C=O) groups is 3. The Labute approximate surface area is 174 Å². The van der Waals surface area contributed by atoms with Gasteiger partial charge in [-0.05, 0) is 38.0 Å². The molecule has 132 valence electrons. The number of H-pyrrole nitrogens is 1. The van der Waals surface area contributed by atoms with Crippen LogP contribution in [-0.4, -0.2) is 28.2 Å². The molecule has 0 saturated carbocycles. The van der Waals surface area contributed by atoms with Crippen LogP contribution < -0.4 is 40.0 Å². The van der Waals surface area contributed by atoms with Crippen molar-refractivity contribution in [3.8, 4) is 0 Å². The number of carbonyl (C=O) groups excluding carboxylic acids is 3. The summed E-state index contributed by atoms with van der Waals surface area (Å²) in [6.45, 7) is 6.41. The number of carboxylic acid groups (broad SMARTS) is 1. The van der Waals surface area contributed by atoms with Crippen LogP contribution in [-0.2, 0) is 20.8 Å². The van der Waals surface area contributed by atoms with Crippen molar-refractivity contribution in [2.75, 3.05) is 0 Å². The number of aliphatic carboxylic acids is 1. The molecule has 1 unspecified atom stereocenters. The number of fused-ring (bicyclic) bond motifs is 1.